The molecule has 6 heteroatoms. The van der Waals surface area contributed by atoms with Gasteiger partial charge in [0.1, 0.15) is 11.4 Å². The number of benzene rings is 1. The Labute approximate surface area is 133 Å². The van der Waals surface area contributed by atoms with Crippen LogP contribution in [0.1, 0.15) is 11.4 Å². The van der Waals surface area contributed by atoms with Crippen LogP contribution in [0.5, 0.6) is 5.75 Å². The van der Waals surface area contributed by atoms with E-state index in [1.165, 1.54) is 0 Å². The minimum atomic E-state index is 0.505. The molecule has 3 aromatic rings. The molecule has 0 atom stereocenters. The van der Waals surface area contributed by atoms with Crippen LogP contribution < -0.4 is 4.74 Å². The number of nitrogens with zero attached hydrogens (tertiary/aromatic N) is 4. The lowest BCUT2D eigenvalue weighted by molar-refractivity contribution is 0.415. The fourth-order valence-electron chi connectivity index (χ4n) is 2.29. The van der Waals surface area contributed by atoms with Crippen molar-refractivity contribution in [3.05, 3.63) is 52.8 Å². The number of hydrogen-bond donors (Lipinski definition) is 0. The minimum Gasteiger partial charge on any atom is -0.495 e. The van der Waals surface area contributed by atoms with Crippen molar-refractivity contribution in [2.45, 2.75) is 13.8 Å². The first-order valence-electron chi connectivity index (χ1n) is 6.80. The van der Waals surface area contributed by atoms with Gasteiger partial charge in [0.25, 0.3) is 0 Å². The summed E-state index contributed by atoms with van der Waals surface area (Å²) in [6.07, 6.45) is 0. The Hall–Kier alpha value is -2.40. The second-order valence-electron chi connectivity index (χ2n) is 4.90. The zero-order valence-electron chi connectivity index (χ0n) is 12.5. The predicted molar refractivity (Wildman–Crippen MR) is 86.8 cm³/mol. The Morgan fingerprint density at radius 1 is 1.14 bits per heavy atom. The van der Waals surface area contributed by atoms with Crippen molar-refractivity contribution in [3.8, 4) is 5.75 Å². The van der Waals surface area contributed by atoms with Gasteiger partial charge in [-0.25, -0.2) is 4.98 Å². The second-order valence-corrected chi connectivity index (χ2v) is 5.31. The lowest BCUT2D eigenvalue weighted by Crippen LogP contribution is -1.89. The highest BCUT2D eigenvalue weighted by atomic mass is 35.5. The third kappa shape index (κ3) is 2.55. The monoisotopic (exact) mass is 314 g/mol. The summed E-state index contributed by atoms with van der Waals surface area (Å²) in [6.45, 7) is 3.93. The van der Waals surface area contributed by atoms with Crippen LogP contribution in [0, 0.1) is 13.8 Å². The fraction of sp³-hybridized carbons (Fsp3) is 0.188. The summed E-state index contributed by atoms with van der Waals surface area (Å²) < 4.78 is 7.10. The van der Waals surface area contributed by atoms with Crippen molar-refractivity contribution in [3.63, 3.8) is 0 Å². The first-order chi connectivity index (χ1) is 10.6. The van der Waals surface area contributed by atoms with Gasteiger partial charge in [0.05, 0.1) is 23.5 Å². The molecule has 0 aliphatic carbocycles. The summed E-state index contributed by atoms with van der Waals surface area (Å²) in [5.74, 6) is 1.34. The van der Waals surface area contributed by atoms with E-state index in [4.69, 9.17) is 16.3 Å². The molecule has 0 N–H and O–H groups in total. The Morgan fingerprint density at radius 2 is 1.95 bits per heavy atom. The number of methoxy groups -OCH3 is 1. The third-order valence-electron chi connectivity index (χ3n) is 3.38. The van der Waals surface area contributed by atoms with E-state index in [9.17, 15) is 0 Å². The zero-order valence-corrected chi connectivity index (χ0v) is 13.3. The Bertz CT molecular complexity index is 870. The molecule has 3 rings (SSSR count). The van der Waals surface area contributed by atoms with Crippen LogP contribution in [0.2, 0.25) is 5.02 Å². The quantitative estimate of drug-likeness (QED) is 0.637. The van der Waals surface area contributed by atoms with E-state index < -0.39 is 0 Å². The number of fused-ring (bicyclic) bond motifs is 1. The van der Waals surface area contributed by atoms with Gasteiger partial charge >= 0.3 is 0 Å². The van der Waals surface area contributed by atoms with Crippen molar-refractivity contribution in [1.29, 1.82) is 0 Å². The molecule has 2 aromatic heterocycles. The largest absolute Gasteiger partial charge is 0.495 e. The number of azo groups is 1. The highest BCUT2D eigenvalue weighted by molar-refractivity contribution is 6.32. The third-order valence-corrected chi connectivity index (χ3v) is 3.67. The van der Waals surface area contributed by atoms with E-state index in [0.717, 1.165) is 22.9 Å². The number of halogens is 1. The van der Waals surface area contributed by atoms with E-state index >= 15 is 0 Å². The number of ether oxygens (including phenoxy) is 1. The van der Waals surface area contributed by atoms with Crippen LogP contribution in [0.3, 0.4) is 0 Å². The number of rotatable bonds is 3. The molecule has 0 amide bonds. The van der Waals surface area contributed by atoms with Crippen LogP contribution in [0.25, 0.3) is 5.65 Å². The number of imidazole rings is 1. The minimum absolute atomic E-state index is 0.505. The van der Waals surface area contributed by atoms with Crippen LogP contribution >= 0.6 is 11.6 Å². The molecular formula is C16H15ClN4O. The van der Waals surface area contributed by atoms with Crippen LogP contribution in [0.4, 0.5) is 11.5 Å². The molecule has 0 radical (unpaired) electrons. The summed E-state index contributed by atoms with van der Waals surface area (Å²) in [5, 5.41) is 9.11. The molecule has 0 aliphatic rings. The number of hydrogen-bond acceptors (Lipinski definition) is 4. The number of aryl methyl sites for hydroxylation is 2. The van der Waals surface area contributed by atoms with Crippen molar-refractivity contribution in [2.75, 3.05) is 7.11 Å². The maximum atomic E-state index is 6.10. The summed E-state index contributed by atoms with van der Waals surface area (Å²) in [7, 11) is 1.58. The van der Waals surface area contributed by atoms with Crippen molar-refractivity contribution >= 4 is 28.8 Å². The van der Waals surface area contributed by atoms with Gasteiger partial charge in [0.2, 0.25) is 0 Å². The van der Waals surface area contributed by atoms with Gasteiger partial charge in [-0.05, 0) is 44.2 Å². The molecule has 112 valence electrons. The molecule has 0 spiro atoms. The molecule has 0 bridgehead atoms. The van der Waals surface area contributed by atoms with Crippen LogP contribution in [0.15, 0.2) is 46.6 Å². The molecule has 22 heavy (non-hydrogen) atoms. The molecule has 0 saturated carbocycles. The van der Waals surface area contributed by atoms with Gasteiger partial charge in [-0.15, -0.1) is 10.2 Å². The molecule has 0 fully saturated rings. The van der Waals surface area contributed by atoms with E-state index in [2.05, 4.69) is 15.2 Å². The summed E-state index contributed by atoms with van der Waals surface area (Å²) in [5.41, 5.74) is 3.41. The molecular weight excluding hydrogens is 300 g/mol. The van der Waals surface area contributed by atoms with Crippen molar-refractivity contribution in [1.82, 2.24) is 9.38 Å². The van der Waals surface area contributed by atoms with Crippen LogP contribution in [-0.2, 0) is 0 Å². The normalized spacial score (nSPS) is 11.5. The van der Waals surface area contributed by atoms with Gasteiger partial charge in [-0.1, -0.05) is 17.7 Å². The number of pyridine rings is 1. The Morgan fingerprint density at radius 3 is 2.68 bits per heavy atom. The topological polar surface area (TPSA) is 51.2 Å². The SMILES string of the molecule is COc1ccc(N=Nc2c(C)nc3cccc(C)n23)cc1Cl. The zero-order chi connectivity index (χ0) is 15.7. The second kappa shape index (κ2) is 5.77. The molecule has 0 unspecified atom stereocenters. The molecule has 2 heterocycles. The average molecular weight is 315 g/mol. The van der Waals surface area contributed by atoms with Gasteiger partial charge in [0, 0.05) is 5.69 Å². The molecule has 5 nitrogen and oxygen atoms in total. The average Bonchev–Trinajstić information content (AvgIpc) is 2.82. The van der Waals surface area contributed by atoms with E-state index in [1.807, 2.05) is 36.4 Å². The van der Waals surface area contributed by atoms with Gasteiger partial charge in [-0.3, -0.25) is 4.40 Å². The Kier molecular flexibility index (Phi) is 3.81. The standard InChI is InChI=1S/C16H15ClN4O/c1-10-5-4-6-15-18-11(2)16(21(10)15)20-19-12-7-8-14(22-3)13(17)9-12/h4-9H,1-3H3. The smallest absolute Gasteiger partial charge is 0.182 e. The molecule has 1 aromatic carbocycles. The summed E-state index contributed by atoms with van der Waals surface area (Å²) in [6, 6.07) is 11.2. The lowest BCUT2D eigenvalue weighted by Gasteiger charge is -2.03. The first kappa shape index (κ1) is 14.5. The van der Waals surface area contributed by atoms with Crippen LogP contribution in [-0.4, -0.2) is 16.5 Å². The molecule has 0 saturated heterocycles. The summed E-state index contributed by atoms with van der Waals surface area (Å²) in [4.78, 5) is 4.49. The predicted octanol–water partition coefficient (Wildman–Crippen LogP) is 5.03. The maximum Gasteiger partial charge on any atom is 0.182 e. The van der Waals surface area contributed by atoms with Gasteiger partial charge in [0.15, 0.2) is 5.82 Å². The Balaban J connectivity index is 2.03. The summed E-state index contributed by atoms with van der Waals surface area (Å²) >= 11 is 6.10. The van der Waals surface area contributed by atoms with Crippen molar-refractivity contribution < 1.29 is 4.74 Å². The fourth-order valence-corrected chi connectivity index (χ4v) is 2.54. The van der Waals surface area contributed by atoms with E-state index in [0.29, 0.717) is 16.5 Å². The number of aromatic nitrogens is 2. The van der Waals surface area contributed by atoms with E-state index in [-0.39, 0.29) is 0 Å². The first-order valence-corrected chi connectivity index (χ1v) is 7.18. The van der Waals surface area contributed by atoms with E-state index in [1.54, 1.807) is 25.3 Å². The molecule has 0 aliphatic heterocycles. The maximum absolute atomic E-state index is 6.10. The van der Waals surface area contributed by atoms with Gasteiger partial charge in [-0.2, -0.15) is 0 Å². The highest BCUT2D eigenvalue weighted by Crippen LogP contribution is 2.30. The van der Waals surface area contributed by atoms with Gasteiger partial charge < -0.3 is 4.74 Å². The van der Waals surface area contributed by atoms with Crippen molar-refractivity contribution in [2.24, 2.45) is 10.2 Å². The lowest BCUT2D eigenvalue weighted by atomic mass is 10.3. The highest BCUT2D eigenvalue weighted by Gasteiger charge is 2.09.